The summed E-state index contributed by atoms with van der Waals surface area (Å²) in [5.74, 6) is -0.0924. The number of aryl methyl sites for hydroxylation is 1. The van der Waals surface area contributed by atoms with Gasteiger partial charge in [-0.15, -0.1) is 0 Å². The van der Waals surface area contributed by atoms with Crippen molar-refractivity contribution in [1.29, 1.82) is 0 Å². The zero-order valence-corrected chi connectivity index (χ0v) is 13.0. The lowest BCUT2D eigenvalue weighted by molar-refractivity contribution is -0.115. The van der Waals surface area contributed by atoms with Crippen LogP contribution in [0.3, 0.4) is 0 Å². The molecule has 2 rings (SSSR count). The maximum absolute atomic E-state index is 12.1. The summed E-state index contributed by atoms with van der Waals surface area (Å²) in [6, 6.07) is 6.86. The van der Waals surface area contributed by atoms with Gasteiger partial charge in [-0.05, 0) is 38.1 Å². The molecule has 0 saturated heterocycles. The molecule has 110 valence electrons. The molecule has 1 heterocycles. The second kappa shape index (κ2) is 6.58. The van der Waals surface area contributed by atoms with Crippen molar-refractivity contribution in [3.63, 3.8) is 0 Å². The third-order valence-electron chi connectivity index (χ3n) is 2.99. The number of carbonyl (C=O) groups is 2. The molecular formula is C15H17N3O2S. The molecule has 1 atom stereocenters. The minimum atomic E-state index is -0.265. The minimum Gasteiger partial charge on any atom is -0.329 e. The quantitative estimate of drug-likeness (QED) is 0.681. The van der Waals surface area contributed by atoms with Gasteiger partial charge in [0.1, 0.15) is 0 Å². The molecule has 0 spiro atoms. The molecule has 5 nitrogen and oxygen atoms in total. The van der Waals surface area contributed by atoms with Crippen molar-refractivity contribution in [2.24, 2.45) is 7.05 Å². The van der Waals surface area contributed by atoms with Gasteiger partial charge < -0.3 is 9.88 Å². The normalized spacial score (nSPS) is 12.0. The molecular weight excluding hydrogens is 286 g/mol. The Morgan fingerprint density at radius 1 is 1.29 bits per heavy atom. The zero-order chi connectivity index (χ0) is 15.4. The molecule has 0 saturated carbocycles. The average Bonchev–Trinajstić information content (AvgIpc) is 2.84. The van der Waals surface area contributed by atoms with Crippen molar-refractivity contribution in [3.8, 4) is 0 Å². The number of aromatic nitrogens is 2. The lowest BCUT2D eigenvalue weighted by Gasteiger charge is -2.11. The smallest absolute Gasteiger partial charge is 0.237 e. The van der Waals surface area contributed by atoms with Crippen LogP contribution in [0.25, 0.3) is 0 Å². The van der Waals surface area contributed by atoms with Crippen molar-refractivity contribution in [2.75, 3.05) is 5.32 Å². The molecule has 1 N–H and O–H groups in total. The van der Waals surface area contributed by atoms with E-state index in [-0.39, 0.29) is 16.9 Å². The Labute approximate surface area is 127 Å². The van der Waals surface area contributed by atoms with E-state index >= 15 is 0 Å². The molecule has 1 aromatic carbocycles. The Morgan fingerprint density at radius 3 is 2.48 bits per heavy atom. The van der Waals surface area contributed by atoms with Gasteiger partial charge in [0.15, 0.2) is 10.9 Å². The van der Waals surface area contributed by atoms with E-state index in [1.165, 1.54) is 18.7 Å². The summed E-state index contributed by atoms with van der Waals surface area (Å²) in [6.07, 6.45) is 3.54. The van der Waals surface area contributed by atoms with Crippen LogP contribution in [0.2, 0.25) is 0 Å². The highest BCUT2D eigenvalue weighted by atomic mass is 32.2. The Balaban J connectivity index is 1.97. The lowest BCUT2D eigenvalue weighted by Crippen LogP contribution is -2.22. The fourth-order valence-electron chi connectivity index (χ4n) is 1.71. The predicted octanol–water partition coefficient (Wildman–Crippen LogP) is 2.74. The number of Topliss-reactive ketones (excluding diaryl/α,β-unsaturated/α-hetero) is 1. The van der Waals surface area contributed by atoms with Gasteiger partial charge in [0.05, 0.1) is 5.25 Å². The summed E-state index contributed by atoms with van der Waals surface area (Å²) in [4.78, 5) is 27.5. The first-order valence-corrected chi connectivity index (χ1v) is 7.41. The number of ketones is 1. The Bertz CT molecular complexity index is 649. The number of nitrogens with one attached hydrogen (secondary N) is 1. The van der Waals surface area contributed by atoms with Crippen LogP contribution in [0.4, 0.5) is 5.69 Å². The van der Waals surface area contributed by atoms with Crippen LogP contribution in [0, 0.1) is 0 Å². The fourth-order valence-corrected chi connectivity index (χ4v) is 2.54. The van der Waals surface area contributed by atoms with E-state index in [4.69, 9.17) is 0 Å². The molecule has 0 fully saturated rings. The zero-order valence-electron chi connectivity index (χ0n) is 12.2. The maximum atomic E-state index is 12.1. The second-order valence-corrected chi connectivity index (χ2v) is 6.01. The van der Waals surface area contributed by atoms with E-state index in [1.807, 2.05) is 24.7 Å². The van der Waals surface area contributed by atoms with Crippen molar-refractivity contribution >= 4 is 29.1 Å². The molecule has 0 unspecified atom stereocenters. The molecule has 1 amide bonds. The van der Waals surface area contributed by atoms with Gasteiger partial charge in [-0.2, -0.15) is 0 Å². The number of hydrogen-bond acceptors (Lipinski definition) is 4. The van der Waals surface area contributed by atoms with E-state index in [0.717, 1.165) is 5.16 Å². The topological polar surface area (TPSA) is 64.0 Å². The summed E-state index contributed by atoms with van der Waals surface area (Å²) in [6.45, 7) is 3.35. The largest absolute Gasteiger partial charge is 0.329 e. The van der Waals surface area contributed by atoms with Crippen molar-refractivity contribution < 1.29 is 9.59 Å². The number of amides is 1. The molecule has 6 heteroatoms. The van der Waals surface area contributed by atoms with Gasteiger partial charge in [-0.1, -0.05) is 11.8 Å². The van der Waals surface area contributed by atoms with Crippen molar-refractivity contribution in [2.45, 2.75) is 24.3 Å². The summed E-state index contributed by atoms with van der Waals surface area (Å²) in [7, 11) is 1.89. The summed E-state index contributed by atoms with van der Waals surface area (Å²) in [5, 5.41) is 3.36. The predicted molar refractivity (Wildman–Crippen MR) is 83.6 cm³/mol. The highest BCUT2D eigenvalue weighted by Crippen LogP contribution is 2.22. The molecule has 0 aliphatic rings. The summed E-state index contributed by atoms with van der Waals surface area (Å²) < 4.78 is 1.87. The Hall–Kier alpha value is -2.08. The third kappa shape index (κ3) is 3.95. The van der Waals surface area contributed by atoms with Crippen LogP contribution >= 0.6 is 11.8 Å². The average molecular weight is 303 g/mol. The van der Waals surface area contributed by atoms with E-state index < -0.39 is 0 Å². The number of hydrogen-bond donors (Lipinski definition) is 1. The van der Waals surface area contributed by atoms with Crippen molar-refractivity contribution in [3.05, 3.63) is 42.2 Å². The number of nitrogens with zero attached hydrogens (tertiary/aromatic N) is 2. The van der Waals surface area contributed by atoms with Gasteiger partial charge in [-0.3, -0.25) is 9.59 Å². The van der Waals surface area contributed by atoms with Gasteiger partial charge in [0, 0.05) is 30.7 Å². The molecule has 0 aliphatic carbocycles. The number of thioether (sulfide) groups is 1. The van der Waals surface area contributed by atoms with E-state index in [9.17, 15) is 9.59 Å². The van der Waals surface area contributed by atoms with Crippen LogP contribution in [0.1, 0.15) is 24.2 Å². The van der Waals surface area contributed by atoms with Crippen LogP contribution in [-0.2, 0) is 11.8 Å². The highest BCUT2D eigenvalue weighted by Gasteiger charge is 2.16. The van der Waals surface area contributed by atoms with Gasteiger partial charge in [0.25, 0.3) is 0 Å². The van der Waals surface area contributed by atoms with Crippen LogP contribution in [0.15, 0.2) is 41.8 Å². The molecule has 0 aliphatic heterocycles. The number of anilines is 1. The van der Waals surface area contributed by atoms with E-state index in [1.54, 1.807) is 30.5 Å². The molecule has 21 heavy (non-hydrogen) atoms. The Kier molecular flexibility index (Phi) is 4.80. The fraction of sp³-hybridized carbons (Fsp3) is 0.267. The standard InChI is InChI=1S/C15H17N3O2S/c1-10(19)12-4-6-13(7-5-12)17-14(20)11(2)21-15-16-8-9-18(15)3/h4-9,11H,1-3H3,(H,17,20)/t11-/m0/s1. The monoisotopic (exact) mass is 303 g/mol. The lowest BCUT2D eigenvalue weighted by atomic mass is 10.1. The first-order chi connectivity index (χ1) is 9.97. The summed E-state index contributed by atoms with van der Waals surface area (Å²) >= 11 is 1.40. The number of imidazole rings is 1. The van der Waals surface area contributed by atoms with Crippen molar-refractivity contribution in [1.82, 2.24) is 9.55 Å². The second-order valence-electron chi connectivity index (χ2n) is 4.70. The van der Waals surface area contributed by atoms with Gasteiger partial charge >= 0.3 is 0 Å². The Morgan fingerprint density at radius 2 is 1.95 bits per heavy atom. The van der Waals surface area contributed by atoms with Gasteiger partial charge in [-0.25, -0.2) is 4.98 Å². The molecule has 2 aromatic rings. The molecule has 0 bridgehead atoms. The molecule has 0 radical (unpaired) electrons. The highest BCUT2D eigenvalue weighted by molar-refractivity contribution is 8.00. The molecule has 1 aromatic heterocycles. The van der Waals surface area contributed by atoms with Crippen LogP contribution in [-0.4, -0.2) is 26.5 Å². The third-order valence-corrected chi connectivity index (χ3v) is 4.16. The number of carbonyl (C=O) groups excluding carboxylic acids is 2. The number of benzene rings is 1. The first-order valence-electron chi connectivity index (χ1n) is 6.53. The SMILES string of the molecule is CC(=O)c1ccc(NC(=O)[C@H](C)Sc2nccn2C)cc1. The van der Waals surface area contributed by atoms with Crippen LogP contribution in [0.5, 0.6) is 0 Å². The first kappa shape index (κ1) is 15.3. The minimum absolute atomic E-state index is 0.00609. The van der Waals surface area contributed by atoms with Crippen LogP contribution < -0.4 is 5.32 Å². The van der Waals surface area contributed by atoms with E-state index in [2.05, 4.69) is 10.3 Å². The van der Waals surface area contributed by atoms with E-state index in [0.29, 0.717) is 11.3 Å². The summed E-state index contributed by atoms with van der Waals surface area (Å²) in [5.41, 5.74) is 1.31. The number of rotatable bonds is 5. The maximum Gasteiger partial charge on any atom is 0.237 e. The van der Waals surface area contributed by atoms with Gasteiger partial charge in [0.2, 0.25) is 5.91 Å².